The lowest BCUT2D eigenvalue weighted by atomic mass is 10.0. The summed E-state index contributed by atoms with van der Waals surface area (Å²) in [6, 6.07) is 6.52. The number of amides is 1. The van der Waals surface area contributed by atoms with Crippen LogP contribution in [0.4, 0.5) is 13.2 Å². The van der Waals surface area contributed by atoms with Crippen LogP contribution in [-0.4, -0.2) is 17.6 Å². The van der Waals surface area contributed by atoms with Gasteiger partial charge in [-0.05, 0) is 26.0 Å². The molecule has 0 bridgehead atoms. The van der Waals surface area contributed by atoms with Crippen LogP contribution in [0.1, 0.15) is 29.7 Å². The molecular weight excluding hydrogens is 349 g/mol. The number of halogens is 3. The van der Waals surface area contributed by atoms with Gasteiger partial charge in [-0.3, -0.25) is 9.59 Å². The van der Waals surface area contributed by atoms with E-state index in [2.05, 4.69) is 5.32 Å². The van der Waals surface area contributed by atoms with Crippen molar-refractivity contribution in [1.82, 2.24) is 9.88 Å². The van der Waals surface area contributed by atoms with Gasteiger partial charge < -0.3 is 14.6 Å². The number of alkyl halides is 3. The van der Waals surface area contributed by atoms with Gasteiger partial charge in [0.05, 0.1) is 18.7 Å². The van der Waals surface area contributed by atoms with E-state index in [4.69, 9.17) is 4.74 Å². The minimum Gasteiger partial charge on any atom is -0.496 e. The summed E-state index contributed by atoms with van der Waals surface area (Å²) >= 11 is 0. The summed E-state index contributed by atoms with van der Waals surface area (Å²) in [5.41, 5.74) is 0.0282. The number of aromatic nitrogens is 1. The quantitative estimate of drug-likeness (QED) is 0.882. The zero-order valence-corrected chi connectivity index (χ0v) is 14.6. The van der Waals surface area contributed by atoms with Crippen molar-refractivity contribution in [3.63, 3.8) is 0 Å². The summed E-state index contributed by atoms with van der Waals surface area (Å²) in [6.07, 6.45) is -3.95. The Morgan fingerprint density at radius 3 is 2.58 bits per heavy atom. The largest absolute Gasteiger partial charge is 0.496 e. The van der Waals surface area contributed by atoms with E-state index in [9.17, 15) is 22.8 Å². The summed E-state index contributed by atoms with van der Waals surface area (Å²) in [4.78, 5) is 23.9. The molecule has 140 valence electrons. The van der Waals surface area contributed by atoms with Gasteiger partial charge >= 0.3 is 6.18 Å². The van der Waals surface area contributed by atoms with E-state index in [0.29, 0.717) is 18.0 Å². The maximum absolute atomic E-state index is 12.8. The van der Waals surface area contributed by atoms with Crippen molar-refractivity contribution in [2.75, 3.05) is 7.11 Å². The van der Waals surface area contributed by atoms with Crippen LogP contribution in [0, 0.1) is 6.92 Å². The molecule has 1 heterocycles. The monoisotopic (exact) mass is 368 g/mol. The first-order valence-corrected chi connectivity index (χ1v) is 7.83. The van der Waals surface area contributed by atoms with Crippen LogP contribution in [0.3, 0.4) is 0 Å². The van der Waals surface area contributed by atoms with Gasteiger partial charge in [0.25, 0.3) is 5.56 Å². The molecule has 5 nitrogen and oxygen atoms in total. The number of methoxy groups -OCH3 is 1. The fourth-order valence-corrected chi connectivity index (χ4v) is 2.53. The van der Waals surface area contributed by atoms with Gasteiger partial charge in [0.2, 0.25) is 5.91 Å². The molecule has 0 aliphatic rings. The van der Waals surface area contributed by atoms with Crippen LogP contribution in [0.2, 0.25) is 0 Å². The summed E-state index contributed by atoms with van der Waals surface area (Å²) in [6.45, 7) is 3.10. The first-order chi connectivity index (χ1) is 12.1. The van der Waals surface area contributed by atoms with Gasteiger partial charge in [-0.1, -0.05) is 17.7 Å². The summed E-state index contributed by atoms with van der Waals surface area (Å²) < 4.78 is 44.3. The number of carbonyl (C=O) groups is 1. The van der Waals surface area contributed by atoms with Crippen LogP contribution >= 0.6 is 0 Å². The molecule has 0 saturated heterocycles. The molecule has 0 radical (unpaired) electrons. The number of hydrogen-bond acceptors (Lipinski definition) is 3. The van der Waals surface area contributed by atoms with E-state index in [0.717, 1.165) is 21.8 Å². The van der Waals surface area contributed by atoms with Crippen LogP contribution < -0.4 is 15.6 Å². The smallest absolute Gasteiger partial charge is 0.417 e. The van der Waals surface area contributed by atoms with Gasteiger partial charge in [0.1, 0.15) is 12.3 Å². The van der Waals surface area contributed by atoms with Crippen LogP contribution in [0.5, 0.6) is 5.75 Å². The van der Waals surface area contributed by atoms with Gasteiger partial charge in [0, 0.05) is 17.8 Å². The molecule has 1 atom stereocenters. The first-order valence-electron chi connectivity index (χ1n) is 7.83. The molecule has 0 fully saturated rings. The Kier molecular flexibility index (Phi) is 5.74. The predicted molar refractivity (Wildman–Crippen MR) is 90.0 cm³/mol. The lowest BCUT2D eigenvalue weighted by Gasteiger charge is -2.18. The van der Waals surface area contributed by atoms with Crippen molar-refractivity contribution in [1.29, 1.82) is 0 Å². The Hall–Kier alpha value is -2.77. The fraction of sp³-hybridized carbons (Fsp3) is 0.333. The molecule has 0 aliphatic carbocycles. The Balaban J connectivity index is 2.17. The van der Waals surface area contributed by atoms with Crippen molar-refractivity contribution < 1.29 is 22.7 Å². The number of pyridine rings is 1. The van der Waals surface area contributed by atoms with Crippen molar-refractivity contribution in [2.24, 2.45) is 0 Å². The molecule has 1 aromatic carbocycles. The number of hydrogen-bond donors (Lipinski definition) is 1. The maximum Gasteiger partial charge on any atom is 0.417 e. The van der Waals surface area contributed by atoms with E-state index < -0.39 is 35.8 Å². The summed E-state index contributed by atoms with van der Waals surface area (Å²) in [7, 11) is 1.50. The van der Waals surface area contributed by atoms with Crippen molar-refractivity contribution >= 4 is 5.91 Å². The standard InChI is InChI=1S/C18H19F3N2O3/c1-11-4-6-15(26-3)14(8-11)12(2)22-16(24)10-23-9-13(18(19,20)21)5-7-17(23)25/h4-9,12H,10H2,1-3H3,(H,22,24)/t12-/m1/s1. The molecule has 8 heteroatoms. The first kappa shape index (κ1) is 19.6. The molecule has 1 N–H and O–H groups in total. The molecule has 2 aromatic rings. The summed E-state index contributed by atoms with van der Waals surface area (Å²) in [5, 5.41) is 2.67. The molecular formula is C18H19F3N2O3. The molecule has 2 rings (SSSR count). The fourth-order valence-electron chi connectivity index (χ4n) is 2.53. The minimum atomic E-state index is -4.59. The van der Waals surface area contributed by atoms with Gasteiger partial charge in [0.15, 0.2) is 0 Å². The van der Waals surface area contributed by atoms with Gasteiger partial charge in [-0.15, -0.1) is 0 Å². The van der Waals surface area contributed by atoms with Crippen LogP contribution in [0.15, 0.2) is 41.3 Å². The van der Waals surface area contributed by atoms with Crippen molar-refractivity contribution in [3.05, 3.63) is 63.6 Å². The third-order valence-electron chi connectivity index (χ3n) is 3.85. The van der Waals surface area contributed by atoms with E-state index in [1.165, 1.54) is 7.11 Å². The number of nitrogens with one attached hydrogen (secondary N) is 1. The molecule has 26 heavy (non-hydrogen) atoms. The molecule has 0 saturated carbocycles. The Bertz CT molecular complexity index is 859. The highest BCUT2D eigenvalue weighted by Gasteiger charge is 2.31. The van der Waals surface area contributed by atoms with Gasteiger partial charge in [-0.2, -0.15) is 13.2 Å². The number of aryl methyl sites for hydroxylation is 1. The lowest BCUT2D eigenvalue weighted by molar-refractivity contribution is -0.138. The van der Waals surface area contributed by atoms with Crippen molar-refractivity contribution in [2.45, 2.75) is 32.6 Å². The average Bonchev–Trinajstić information content (AvgIpc) is 2.55. The molecule has 0 aliphatic heterocycles. The number of nitrogens with zero attached hydrogens (tertiary/aromatic N) is 1. The second-order valence-corrected chi connectivity index (χ2v) is 5.92. The molecule has 1 amide bonds. The van der Waals surface area contributed by atoms with Gasteiger partial charge in [-0.25, -0.2) is 0 Å². The van der Waals surface area contributed by atoms with E-state index >= 15 is 0 Å². The highest BCUT2D eigenvalue weighted by molar-refractivity contribution is 5.76. The number of rotatable bonds is 5. The van der Waals surface area contributed by atoms with Crippen LogP contribution in [-0.2, 0) is 17.5 Å². The van der Waals surface area contributed by atoms with E-state index in [-0.39, 0.29) is 0 Å². The Labute approximate surface area is 148 Å². The number of benzene rings is 1. The topological polar surface area (TPSA) is 60.3 Å². The second-order valence-electron chi connectivity index (χ2n) is 5.92. The lowest BCUT2D eigenvalue weighted by Crippen LogP contribution is -2.34. The summed E-state index contributed by atoms with van der Waals surface area (Å²) in [5.74, 6) is 0.00196. The SMILES string of the molecule is COc1ccc(C)cc1[C@@H](C)NC(=O)Cn1cc(C(F)(F)F)ccc1=O. The average molecular weight is 368 g/mol. The third-order valence-corrected chi connectivity index (χ3v) is 3.85. The third kappa shape index (κ3) is 4.65. The second kappa shape index (κ2) is 7.63. The normalized spacial score (nSPS) is 12.5. The zero-order valence-electron chi connectivity index (χ0n) is 14.6. The molecule has 0 spiro atoms. The molecule has 0 unspecified atom stereocenters. The highest BCUT2D eigenvalue weighted by Crippen LogP contribution is 2.28. The van der Waals surface area contributed by atoms with E-state index in [1.807, 2.05) is 19.1 Å². The number of ether oxygens (including phenoxy) is 1. The minimum absolute atomic E-state index is 0.446. The van der Waals surface area contributed by atoms with Crippen LogP contribution in [0.25, 0.3) is 0 Å². The highest BCUT2D eigenvalue weighted by atomic mass is 19.4. The number of carbonyl (C=O) groups excluding carboxylic acids is 1. The Morgan fingerprint density at radius 2 is 1.96 bits per heavy atom. The predicted octanol–water partition coefficient (Wildman–Crippen LogP) is 3.06. The maximum atomic E-state index is 12.8. The zero-order chi connectivity index (χ0) is 19.5. The Morgan fingerprint density at radius 1 is 1.27 bits per heavy atom. The van der Waals surface area contributed by atoms with E-state index in [1.54, 1.807) is 13.0 Å². The van der Waals surface area contributed by atoms with Crippen molar-refractivity contribution in [3.8, 4) is 5.75 Å². The molecule has 1 aromatic heterocycles.